The lowest BCUT2D eigenvalue weighted by molar-refractivity contribution is -0.118. The van der Waals surface area contributed by atoms with Gasteiger partial charge in [0, 0.05) is 11.6 Å². The maximum Gasteiger partial charge on any atom is 0.387 e. The van der Waals surface area contributed by atoms with Gasteiger partial charge < -0.3 is 10.1 Å². The van der Waals surface area contributed by atoms with E-state index in [4.69, 9.17) is 0 Å². The molecule has 0 aliphatic heterocycles. The van der Waals surface area contributed by atoms with Crippen molar-refractivity contribution in [3.05, 3.63) is 35.4 Å². The van der Waals surface area contributed by atoms with Crippen molar-refractivity contribution >= 4 is 12.0 Å². The minimum Gasteiger partial charge on any atom is -0.434 e. The summed E-state index contributed by atoms with van der Waals surface area (Å²) in [6.07, 6.45) is 5.40. The summed E-state index contributed by atoms with van der Waals surface area (Å²) in [6.45, 7) is -0.895. The van der Waals surface area contributed by atoms with Crippen molar-refractivity contribution < 1.29 is 18.3 Å². The number of benzene rings is 1. The Morgan fingerprint density at radius 2 is 2.08 bits per heavy atom. The lowest BCUT2D eigenvalue weighted by Crippen LogP contribution is -2.41. The van der Waals surface area contributed by atoms with Crippen LogP contribution in [0, 0.1) is 17.2 Å². The number of nitrogens with zero attached hydrogens (tertiary/aromatic N) is 1. The van der Waals surface area contributed by atoms with E-state index in [0.29, 0.717) is 5.92 Å². The molecular formula is C18H20F2N2O2. The lowest BCUT2D eigenvalue weighted by atomic mass is 9.86. The molecule has 0 spiro atoms. The highest BCUT2D eigenvalue weighted by molar-refractivity contribution is 6.02. The van der Waals surface area contributed by atoms with E-state index in [1.165, 1.54) is 18.2 Å². The van der Waals surface area contributed by atoms with E-state index in [2.05, 4.69) is 17.0 Å². The standard InChI is InChI=1S/C18H20F2N2O2/c1-12-6-2-4-8-15(12)22-17(23)14(11-21)10-13-7-3-5-9-16(13)24-18(19)20/h3,5,7,9-10,12,15,18H,2,4,6,8H2,1H3,(H,22,23)/b14-10+/t12-,15-/m1/s1. The van der Waals surface area contributed by atoms with Crippen LogP contribution in [0.1, 0.15) is 38.2 Å². The number of carbonyl (C=O) groups excluding carboxylic acids is 1. The van der Waals surface area contributed by atoms with Crippen LogP contribution in [0.5, 0.6) is 5.75 Å². The van der Waals surface area contributed by atoms with Crippen molar-refractivity contribution in [3.8, 4) is 11.8 Å². The number of rotatable bonds is 5. The monoisotopic (exact) mass is 334 g/mol. The van der Waals surface area contributed by atoms with Gasteiger partial charge in [-0.25, -0.2) is 0 Å². The van der Waals surface area contributed by atoms with E-state index in [1.54, 1.807) is 12.1 Å². The molecule has 0 aromatic heterocycles. The summed E-state index contributed by atoms with van der Waals surface area (Å²) in [4.78, 5) is 12.3. The Kier molecular flexibility index (Phi) is 6.30. The Labute approximate surface area is 140 Å². The minimum atomic E-state index is -2.97. The number of alkyl halides is 2. The molecular weight excluding hydrogens is 314 g/mol. The van der Waals surface area contributed by atoms with Gasteiger partial charge in [0.15, 0.2) is 0 Å². The van der Waals surface area contributed by atoms with Gasteiger partial charge in [0.1, 0.15) is 17.4 Å². The lowest BCUT2D eigenvalue weighted by Gasteiger charge is -2.29. The molecule has 6 heteroatoms. The van der Waals surface area contributed by atoms with Gasteiger partial charge in [-0.05, 0) is 30.9 Å². The first-order valence-electron chi connectivity index (χ1n) is 7.97. The summed E-state index contributed by atoms with van der Waals surface area (Å²) < 4.78 is 29.3. The van der Waals surface area contributed by atoms with Crippen LogP contribution in [0.4, 0.5) is 8.78 Å². The van der Waals surface area contributed by atoms with E-state index in [0.717, 1.165) is 25.7 Å². The van der Waals surface area contributed by atoms with Gasteiger partial charge in [0.2, 0.25) is 0 Å². The van der Waals surface area contributed by atoms with Gasteiger partial charge in [0.25, 0.3) is 5.91 Å². The number of ether oxygens (including phenoxy) is 1. The second-order valence-electron chi connectivity index (χ2n) is 5.93. The van der Waals surface area contributed by atoms with Crippen LogP contribution < -0.4 is 10.1 Å². The fourth-order valence-electron chi connectivity index (χ4n) is 2.88. The van der Waals surface area contributed by atoms with Crippen molar-refractivity contribution in [2.75, 3.05) is 0 Å². The van der Waals surface area contributed by atoms with Gasteiger partial charge in [-0.15, -0.1) is 0 Å². The second-order valence-corrected chi connectivity index (χ2v) is 5.93. The highest BCUT2D eigenvalue weighted by atomic mass is 19.3. The predicted octanol–water partition coefficient (Wildman–Crippen LogP) is 3.89. The molecule has 0 radical (unpaired) electrons. The molecule has 1 saturated carbocycles. The molecule has 1 aromatic carbocycles. The molecule has 24 heavy (non-hydrogen) atoms. The number of hydrogen-bond donors (Lipinski definition) is 1. The number of nitrogens with one attached hydrogen (secondary N) is 1. The first-order valence-corrected chi connectivity index (χ1v) is 7.97. The molecule has 0 unspecified atom stereocenters. The van der Waals surface area contributed by atoms with Crippen LogP contribution in [0.25, 0.3) is 6.08 Å². The van der Waals surface area contributed by atoms with Crippen LogP contribution in [0.15, 0.2) is 29.8 Å². The number of halogens is 2. The first-order chi connectivity index (χ1) is 11.5. The topological polar surface area (TPSA) is 62.1 Å². The number of carbonyl (C=O) groups is 1. The number of amides is 1. The SMILES string of the molecule is C[C@@H]1CCCC[C@H]1NC(=O)/C(C#N)=C/c1ccccc1OC(F)F. The minimum absolute atomic E-state index is 0.0376. The molecule has 1 amide bonds. The highest BCUT2D eigenvalue weighted by Gasteiger charge is 2.24. The Morgan fingerprint density at radius 3 is 2.75 bits per heavy atom. The van der Waals surface area contributed by atoms with Crippen LogP contribution in [-0.2, 0) is 4.79 Å². The summed E-state index contributed by atoms with van der Waals surface area (Å²) >= 11 is 0. The Morgan fingerprint density at radius 1 is 1.38 bits per heavy atom. The third-order valence-electron chi connectivity index (χ3n) is 4.23. The Bertz CT molecular complexity index is 653. The first kappa shape index (κ1) is 17.9. The maximum absolute atomic E-state index is 12.4. The summed E-state index contributed by atoms with van der Waals surface area (Å²) in [5.74, 6) is -0.195. The van der Waals surface area contributed by atoms with E-state index in [-0.39, 0.29) is 22.9 Å². The number of para-hydroxylation sites is 1. The van der Waals surface area contributed by atoms with Gasteiger partial charge in [0.05, 0.1) is 0 Å². The number of nitriles is 1. The van der Waals surface area contributed by atoms with Crippen molar-refractivity contribution in [1.82, 2.24) is 5.32 Å². The van der Waals surface area contributed by atoms with Gasteiger partial charge in [-0.2, -0.15) is 14.0 Å². The van der Waals surface area contributed by atoms with E-state index in [1.807, 2.05) is 6.07 Å². The molecule has 1 aliphatic carbocycles. The van der Waals surface area contributed by atoms with Crippen LogP contribution in [0.2, 0.25) is 0 Å². The predicted molar refractivity (Wildman–Crippen MR) is 86.2 cm³/mol. The van der Waals surface area contributed by atoms with Crippen molar-refractivity contribution in [3.63, 3.8) is 0 Å². The van der Waals surface area contributed by atoms with Crippen LogP contribution in [-0.4, -0.2) is 18.6 Å². The average Bonchev–Trinajstić information content (AvgIpc) is 2.55. The van der Waals surface area contributed by atoms with Gasteiger partial charge in [-0.1, -0.05) is 38.0 Å². The molecule has 1 N–H and O–H groups in total. The molecule has 1 aromatic rings. The Balaban J connectivity index is 2.17. The fraction of sp³-hybridized carbons (Fsp3) is 0.444. The molecule has 1 aliphatic rings. The summed E-state index contributed by atoms with van der Waals surface area (Å²) in [5, 5.41) is 12.1. The zero-order valence-electron chi connectivity index (χ0n) is 13.5. The quantitative estimate of drug-likeness (QED) is 0.656. The molecule has 4 nitrogen and oxygen atoms in total. The molecule has 128 valence electrons. The zero-order chi connectivity index (χ0) is 17.5. The fourth-order valence-corrected chi connectivity index (χ4v) is 2.88. The van der Waals surface area contributed by atoms with Gasteiger partial charge >= 0.3 is 6.61 Å². The molecule has 0 bridgehead atoms. The van der Waals surface area contributed by atoms with E-state index in [9.17, 15) is 18.8 Å². The van der Waals surface area contributed by atoms with E-state index >= 15 is 0 Å². The van der Waals surface area contributed by atoms with Crippen LogP contribution in [0.3, 0.4) is 0 Å². The molecule has 0 saturated heterocycles. The average molecular weight is 334 g/mol. The van der Waals surface area contributed by atoms with Gasteiger partial charge in [-0.3, -0.25) is 4.79 Å². The zero-order valence-corrected chi connectivity index (χ0v) is 13.5. The summed E-state index contributed by atoms with van der Waals surface area (Å²) in [7, 11) is 0. The van der Waals surface area contributed by atoms with Crippen molar-refractivity contribution in [2.45, 2.75) is 45.3 Å². The number of hydrogen-bond acceptors (Lipinski definition) is 3. The third-order valence-corrected chi connectivity index (χ3v) is 4.23. The Hall–Kier alpha value is -2.42. The largest absolute Gasteiger partial charge is 0.434 e. The molecule has 2 atom stereocenters. The van der Waals surface area contributed by atoms with E-state index < -0.39 is 12.5 Å². The maximum atomic E-state index is 12.4. The second kappa shape index (κ2) is 8.44. The van der Waals surface area contributed by atoms with Crippen LogP contribution >= 0.6 is 0 Å². The smallest absolute Gasteiger partial charge is 0.387 e. The summed E-state index contributed by atoms with van der Waals surface area (Å²) in [5.41, 5.74) is 0.138. The third kappa shape index (κ3) is 4.79. The molecule has 2 rings (SSSR count). The highest BCUT2D eigenvalue weighted by Crippen LogP contribution is 2.25. The molecule has 0 heterocycles. The molecule has 1 fully saturated rings. The summed E-state index contributed by atoms with van der Waals surface area (Å²) in [6, 6.07) is 7.94. The normalized spacial score (nSPS) is 21.2. The van der Waals surface area contributed by atoms with Crippen molar-refractivity contribution in [1.29, 1.82) is 5.26 Å². The van der Waals surface area contributed by atoms with Crippen molar-refractivity contribution in [2.24, 2.45) is 5.92 Å².